The van der Waals surface area contributed by atoms with Gasteiger partial charge in [0, 0.05) is 23.5 Å². The highest BCUT2D eigenvalue weighted by molar-refractivity contribution is 6.19. The lowest BCUT2D eigenvalue weighted by molar-refractivity contribution is 0.101. The maximum Gasteiger partial charge on any atom is 0.160 e. The summed E-state index contributed by atoms with van der Waals surface area (Å²) in [4.78, 5) is 11.7. The molecule has 3 nitrogen and oxygen atoms in total. The van der Waals surface area contributed by atoms with E-state index in [0.29, 0.717) is 5.56 Å². The van der Waals surface area contributed by atoms with Crippen molar-refractivity contribution in [3.63, 3.8) is 0 Å². The maximum atomic E-state index is 11.7. The number of aromatic hydroxyl groups is 1. The summed E-state index contributed by atoms with van der Waals surface area (Å²) >= 11 is 0. The fourth-order valence-electron chi connectivity index (χ4n) is 2.57. The van der Waals surface area contributed by atoms with Crippen molar-refractivity contribution in [3.8, 4) is 5.75 Å². The van der Waals surface area contributed by atoms with E-state index in [4.69, 9.17) is 0 Å². The minimum atomic E-state index is 0.0105. The standard InChI is InChI=1S/C15H13NO2/c1-9(17)10-5-3-6-11-14(10)15-12(16(11)2)7-4-8-13(15)18/h3-8,18H,1-2H3. The predicted octanol–water partition coefficient (Wildman–Crippen LogP) is 3.24. The average Bonchev–Trinajstić information content (AvgIpc) is 2.65. The van der Waals surface area contributed by atoms with Crippen molar-refractivity contribution in [1.29, 1.82) is 0 Å². The number of hydrogen-bond acceptors (Lipinski definition) is 2. The topological polar surface area (TPSA) is 42.2 Å². The van der Waals surface area contributed by atoms with Crippen LogP contribution in [0.3, 0.4) is 0 Å². The Labute approximate surface area is 104 Å². The summed E-state index contributed by atoms with van der Waals surface area (Å²) in [6.45, 7) is 1.55. The smallest absolute Gasteiger partial charge is 0.160 e. The number of fused-ring (bicyclic) bond motifs is 3. The van der Waals surface area contributed by atoms with Gasteiger partial charge in [-0.15, -0.1) is 0 Å². The molecule has 0 radical (unpaired) electrons. The van der Waals surface area contributed by atoms with Crippen LogP contribution in [-0.2, 0) is 7.05 Å². The Kier molecular flexibility index (Phi) is 2.17. The Morgan fingerprint density at radius 1 is 1.06 bits per heavy atom. The number of ketones is 1. The maximum absolute atomic E-state index is 11.7. The molecule has 0 spiro atoms. The zero-order valence-corrected chi connectivity index (χ0v) is 10.3. The highest BCUT2D eigenvalue weighted by atomic mass is 16.3. The molecular weight excluding hydrogens is 226 g/mol. The fourth-order valence-corrected chi connectivity index (χ4v) is 2.57. The van der Waals surface area contributed by atoms with Crippen molar-refractivity contribution in [2.75, 3.05) is 0 Å². The Morgan fingerprint density at radius 2 is 1.67 bits per heavy atom. The van der Waals surface area contributed by atoms with Gasteiger partial charge < -0.3 is 9.67 Å². The largest absolute Gasteiger partial charge is 0.507 e. The first kappa shape index (κ1) is 10.8. The first-order chi connectivity index (χ1) is 8.61. The molecular formula is C15H13NO2. The van der Waals surface area contributed by atoms with Gasteiger partial charge in [-0.3, -0.25) is 4.79 Å². The molecule has 1 N–H and O–H groups in total. The summed E-state index contributed by atoms with van der Waals surface area (Å²) in [5, 5.41) is 11.6. The first-order valence-corrected chi connectivity index (χ1v) is 5.81. The van der Waals surface area contributed by atoms with E-state index in [1.54, 1.807) is 19.1 Å². The fraction of sp³-hybridized carbons (Fsp3) is 0.133. The van der Waals surface area contributed by atoms with Crippen LogP contribution in [0.15, 0.2) is 36.4 Å². The van der Waals surface area contributed by atoms with Gasteiger partial charge in [0.05, 0.1) is 10.9 Å². The number of carbonyl (C=O) groups excluding carboxylic acids is 1. The summed E-state index contributed by atoms with van der Waals surface area (Å²) < 4.78 is 2.00. The summed E-state index contributed by atoms with van der Waals surface area (Å²) in [5.74, 6) is 0.225. The highest BCUT2D eigenvalue weighted by Gasteiger charge is 2.16. The number of aromatic nitrogens is 1. The van der Waals surface area contributed by atoms with E-state index in [1.165, 1.54) is 0 Å². The van der Waals surface area contributed by atoms with Crippen LogP contribution >= 0.6 is 0 Å². The molecule has 0 bridgehead atoms. The van der Waals surface area contributed by atoms with Gasteiger partial charge in [-0.1, -0.05) is 18.2 Å². The lowest BCUT2D eigenvalue weighted by Crippen LogP contribution is -1.93. The van der Waals surface area contributed by atoms with E-state index in [-0.39, 0.29) is 11.5 Å². The summed E-state index contributed by atoms with van der Waals surface area (Å²) in [5.41, 5.74) is 2.54. The number of benzene rings is 2. The van der Waals surface area contributed by atoms with Crippen molar-refractivity contribution in [1.82, 2.24) is 4.57 Å². The number of phenolic OH excluding ortho intramolecular Hbond substituents is 1. The van der Waals surface area contributed by atoms with E-state index in [9.17, 15) is 9.90 Å². The molecule has 0 aliphatic rings. The van der Waals surface area contributed by atoms with Gasteiger partial charge >= 0.3 is 0 Å². The third-order valence-electron chi connectivity index (χ3n) is 3.41. The molecule has 0 amide bonds. The summed E-state index contributed by atoms with van der Waals surface area (Å²) in [6, 6.07) is 11.0. The molecule has 3 heteroatoms. The second kappa shape index (κ2) is 3.60. The van der Waals surface area contributed by atoms with Gasteiger partial charge in [0.25, 0.3) is 0 Å². The Bertz CT molecular complexity index is 784. The van der Waals surface area contributed by atoms with Crippen LogP contribution in [0.5, 0.6) is 5.75 Å². The Hall–Kier alpha value is -2.29. The van der Waals surface area contributed by atoms with Gasteiger partial charge in [-0.25, -0.2) is 0 Å². The molecule has 1 aromatic heterocycles. The van der Waals surface area contributed by atoms with Gasteiger partial charge in [-0.05, 0) is 25.1 Å². The van der Waals surface area contributed by atoms with Crippen LogP contribution in [0.1, 0.15) is 17.3 Å². The monoisotopic (exact) mass is 239 g/mol. The number of phenols is 1. The quantitative estimate of drug-likeness (QED) is 0.662. The van der Waals surface area contributed by atoms with Crippen LogP contribution in [0.2, 0.25) is 0 Å². The third kappa shape index (κ3) is 1.27. The van der Waals surface area contributed by atoms with Gasteiger partial charge in [0.1, 0.15) is 5.75 Å². The number of aryl methyl sites for hydroxylation is 1. The second-order valence-corrected chi connectivity index (χ2v) is 4.49. The zero-order chi connectivity index (χ0) is 12.9. The van der Waals surface area contributed by atoms with Crippen LogP contribution in [0.4, 0.5) is 0 Å². The summed E-state index contributed by atoms with van der Waals surface area (Å²) in [7, 11) is 1.94. The van der Waals surface area contributed by atoms with Gasteiger partial charge in [0.2, 0.25) is 0 Å². The molecule has 18 heavy (non-hydrogen) atoms. The molecule has 3 rings (SSSR count). The molecule has 0 fully saturated rings. The third-order valence-corrected chi connectivity index (χ3v) is 3.41. The molecule has 0 aliphatic carbocycles. The minimum Gasteiger partial charge on any atom is -0.507 e. The van der Waals surface area contributed by atoms with Crippen molar-refractivity contribution in [2.45, 2.75) is 6.92 Å². The number of nitrogens with zero attached hydrogens (tertiary/aromatic N) is 1. The number of rotatable bonds is 1. The van der Waals surface area contributed by atoms with E-state index >= 15 is 0 Å². The van der Waals surface area contributed by atoms with Crippen LogP contribution in [-0.4, -0.2) is 15.5 Å². The van der Waals surface area contributed by atoms with Crippen LogP contribution in [0, 0.1) is 0 Å². The van der Waals surface area contributed by atoms with Gasteiger partial charge in [0.15, 0.2) is 5.78 Å². The molecule has 0 unspecified atom stereocenters. The lowest BCUT2D eigenvalue weighted by atomic mass is 10.0. The van der Waals surface area contributed by atoms with Gasteiger partial charge in [-0.2, -0.15) is 0 Å². The Morgan fingerprint density at radius 3 is 2.33 bits per heavy atom. The molecule has 0 saturated heterocycles. The molecule has 0 aliphatic heterocycles. The first-order valence-electron chi connectivity index (χ1n) is 5.81. The van der Waals surface area contributed by atoms with E-state index in [0.717, 1.165) is 21.8 Å². The number of Topliss-reactive ketones (excluding diaryl/α,β-unsaturated/α-hetero) is 1. The Balaban J connectivity index is 2.67. The van der Waals surface area contributed by atoms with Crippen molar-refractivity contribution < 1.29 is 9.90 Å². The number of hydrogen-bond donors (Lipinski definition) is 1. The van der Waals surface area contributed by atoms with Crippen LogP contribution < -0.4 is 0 Å². The SMILES string of the molecule is CC(=O)c1cccc2c1c1c(O)cccc1n2C. The van der Waals surface area contributed by atoms with Crippen molar-refractivity contribution in [2.24, 2.45) is 7.05 Å². The predicted molar refractivity (Wildman–Crippen MR) is 72.1 cm³/mol. The normalized spacial score (nSPS) is 11.2. The molecule has 2 aromatic carbocycles. The van der Waals surface area contributed by atoms with E-state index in [1.807, 2.05) is 35.9 Å². The van der Waals surface area contributed by atoms with E-state index in [2.05, 4.69) is 0 Å². The number of carbonyl (C=O) groups is 1. The molecule has 1 heterocycles. The average molecular weight is 239 g/mol. The molecule has 3 aromatic rings. The van der Waals surface area contributed by atoms with Crippen LogP contribution in [0.25, 0.3) is 21.8 Å². The van der Waals surface area contributed by atoms with E-state index < -0.39 is 0 Å². The summed E-state index contributed by atoms with van der Waals surface area (Å²) in [6.07, 6.45) is 0. The zero-order valence-electron chi connectivity index (χ0n) is 10.3. The second-order valence-electron chi connectivity index (χ2n) is 4.49. The lowest BCUT2D eigenvalue weighted by Gasteiger charge is -2.00. The molecule has 0 saturated carbocycles. The van der Waals surface area contributed by atoms with Crippen molar-refractivity contribution >= 4 is 27.6 Å². The molecule has 90 valence electrons. The molecule has 0 atom stereocenters. The minimum absolute atomic E-state index is 0.0105. The van der Waals surface area contributed by atoms with Crippen molar-refractivity contribution in [3.05, 3.63) is 42.0 Å². The highest BCUT2D eigenvalue weighted by Crippen LogP contribution is 2.36.